The van der Waals surface area contributed by atoms with Crippen molar-refractivity contribution in [3.63, 3.8) is 0 Å². The molecule has 0 aliphatic carbocycles. The van der Waals surface area contributed by atoms with Gasteiger partial charge in [-0.25, -0.2) is 4.39 Å². The Morgan fingerprint density at radius 1 is 1.24 bits per heavy atom. The zero-order chi connectivity index (χ0) is 15.0. The molecule has 0 saturated carbocycles. The number of carbonyl (C=O) groups excluding carboxylic acids is 1. The second kappa shape index (κ2) is 5.41. The van der Waals surface area contributed by atoms with Crippen LogP contribution in [0.25, 0.3) is 0 Å². The Labute approximate surface area is 126 Å². The normalized spacial score (nSPS) is 18.3. The molecule has 0 bridgehead atoms. The van der Waals surface area contributed by atoms with Gasteiger partial charge < -0.3 is 5.11 Å². The van der Waals surface area contributed by atoms with Gasteiger partial charge in [-0.15, -0.1) is 11.8 Å². The summed E-state index contributed by atoms with van der Waals surface area (Å²) >= 11 is 1.52. The van der Waals surface area contributed by atoms with Gasteiger partial charge in [-0.3, -0.25) is 9.69 Å². The number of carbonyl (C=O) groups is 1. The minimum absolute atomic E-state index is 0.0168. The van der Waals surface area contributed by atoms with Crippen molar-refractivity contribution in [2.75, 3.05) is 10.7 Å². The Kier molecular flexibility index (Phi) is 3.59. The maximum absolute atomic E-state index is 13.1. The topological polar surface area (TPSA) is 40.5 Å². The summed E-state index contributed by atoms with van der Waals surface area (Å²) in [4.78, 5) is 13.9. The molecule has 2 aromatic carbocycles. The first-order valence-corrected chi connectivity index (χ1v) is 7.60. The number of nitrogens with zero attached hydrogens (tertiary/aromatic N) is 1. The lowest BCUT2D eigenvalue weighted by atomic mass is 10.1. The van der Waals surface area contributed by atoms with Crippen molar-refractivity contribution in [2.24, 2.45) is 0 Å². The zero-order valence-electron chi connectivity index (χ0n) is 11.4. The van der Waals surface area contributed by atoms with Crippen LogP contribution < -0.4 is 4.90 Å². The highest BCUT2D eigenvalue weighted by Gasteiger charge is 2.34. The number of phenols is 1. The summed E-state index contributed by atoms with van der Waals surface area (Å²) in [7, 11) is 0. The van der Waals surface area contributed by atoms with Crippen LogP contribution in [-0.4, -0.2) is 16.8 Å². The number of halogens is 1. The quantitative estimate of drug-likeness (QED) is 0.921. The predicted octanol–water partition coefficient (Wildman–Crippen LogP) is 3.62. The molecule has 1 unspecified atom stereocenters. The van der Waals surface area contributed by atoms with Crippen LogP contribution in [0, 0.1) is 12.7 Å². The van der Waals surface area contributed by atoms with Crippen LogP contribution in [0.1, 0.15) is 16.5 Å². The Morgan fingerprint density at radius 2 is 1.95 bits per heavy atom. The Balaban J connectivity index is 2.01. The second-order valence-electron chi connectivity index (χ2n) is 4.95. The van der Waals surface area contributed by atoms with Gasteiger partial charge in [-0.05, 0) is 48.4 Å². The van der Waals surface area contributed by atoms with Crippen LogP contribution in [0.5, 0.6) is 5.75 Å². The summed E-state index contributed by atoms with van der Waals surface area (Å²) in [6.45, 7) is 1.85. The van der Waals surface area contributed by atoms with Crippen molar-refractivity contribution in [3.05, 3.63) is 59.4 Å². The first-order valence-electron chi connectivity index (χ1n) is 6.55. The first kappa shape index (κ1) is 13.9. The van der Waals surface area contributed by atoms with Crippen molar-refractivity contribution in [2.45, 2.75) is 12.3 Å². The van der Waals surface area contributed by atoms with Crippen LogP contribution in [0.3, 0.4) is 0 Å². The third-order valence-electron chi connectivity index (χ3n) is 3.46. The van der Waals surface area contributed by atoms with Crippen molar-refractivity contribution >= 4 is 23.4 Å². The fraction of sp³-hybridized carbons (Fsp3) is 0.188. The highest BCUT2D eigenvalue weighted by atomic mass is 32.2. The van der Waals surface area contributed by atoms with Crippen LogP contribution >= 0.6 is 11.8 Å². The Hall–Kier alpha value is -2.01. The SMILES string of the molecule is Cc1cc(O)ccc1N1C(=O)CSC1c1ccc(F)cc1. The number of thioether (sulfide) groups is 1. The van der Waals surface area contributed by atoms with Crippen molar-refractivity contribution < 1.29 is 14.3 Å². The lowest BCUT2D eigenvalue weighted by Crippen LogP contribution is -2.28. The molecule has 108 valence electrons. The van der Waals surface area contributed by atoms with E-state index in [0.29, 0.717) is 5.75 Å². The molecule has 1 heterocycles. The van der Waals surface area contributed by atoms with Crippen LogP contribution in [0.2, 0.25) is 0 Å². The van der Waals surface area contributed by atoms with Gasteiger partial charge in [0.15, 0.2) is 0 Å². The van der Waals surface area contributed by atoms with Gasteiger partial charge >= 0.3 is 0 Å². The summed E-state index contributed by atoms with van der Waals surface area (Å²) in [6, 6.07) is 11.2. The number of aromatic hydroxyl groups is 1. The van der Waals surface area contributed by atoms with Crippen LogP contribution in [0.15, 0.2) is 42.5 Å². The Morgan fingerprint density at radius 3 is 2.62 bits per heavy atom. The van der Waals surface area contributed by atoms with Gasteiger partial charge in [0.1, 0.15) is 16.9 Å². The molecule has 5 heteroatoms. The molecule has 3 nitrogen and oxygen atoms in total. The molecule has 1 fully saturated rings. The molecule has 1 amide bonds. The van der Waals surface area contributed by atoms with E-state index in [4.69, 9.17) is 0 Å². The highest BCUT2D eigenvalue weighted by molar-refractivity contribution is 8.00. The smallest absolute Gasteiger partial charge is 0.238 e. The third-order valence-corrected chi connectivity index (χ3v) is 4.68. The zero-order valence-corrected chi connectivity index (χ0v) is 12.2. The highest BCUT2D eigenvalue weighted by Crippen LogP contribution is 2.43. The average Bonchev–Trinajstić information content (AvgIpc) is 2.82. The van der Waals surface area contributed by atoms with Gasteiger partial charge in [-0.1, -0.05) is 12.1 Å². The van der Waals surface area contributed by atoms with E-state index in [1.807, 2.05) is 6.92 Å². The number of amides is 1. The first-order chi connectivity index (χ1) is 10.1. The predicted molar refractivity (Wildman–Crippen MR) is 81.9 cm³/mol. The van der Waals surface area contributed by atoms with Crippen LogP contribution in [0.4, 0.5) is 10.1 Å². The number of phenolic OH excluding ortho intramolecular Hbond substituents is 1. The van der Waals surface area contributed by atoms with Gasteiger partial charge in [-0.2, -0.15) is 0 Å². The largest absolute Gasteiger partial charge is 0.508 e. The molecular weight excluding hydrogens is 289 g/mol. The third kappa shape index (κ3) is 2.61. The van der Waals surface area contributed by atoms with E-state index in [1.165, 1.54) is 23.9 Å². The van der Waals surface area contributed by atoms with Crippen LogP contribution in [-0.2, 0) is 4.79 Å². The van der Waals surface area contributed by atoms with Gasteiger partial charge in [0.05, 0.1) is 5.75 Å². The van der Waals surface area contributed by atoms with E-state index in [1.54, 1.807) is 35.2 Å². The number of anilines is 1. The number of rotatable bonds is 2. The molecule has 1 aliphatic heterocycles. The van der Waals surface area contributed by atoms with E-state index < -0.39 is 0 Å². The fourth-order valence-corrected chi connectivity index (χ4v) is 3.64. The molecule has 21 heavy (non-hydrogen) atoms. The van der Waals surface area contributed by atoms with Crippen molar-refractivity contribution in [3.8, 4) is 5.75 Å². The summed E-state index contributed by atoms with van der Waals surface area (Å²) in [6.07, 6.45) is 0. The maximum Gasteiger partial charge on any atom is 0.238 e. The maximum atomic E-state index is 13.1. The summed E-state index contributed by atoms with van der Waals surface area (Å²) in [5.74, 6) is 0.292. The average molecular weight is 303 g/mol. The van der Waals surface area contributed by atoms with E-state index >= 15 is 0 Å². The van der Waals surface area contributed by atoms with Gasteiger partial charge in [0.25, 0.3) is 0 Å². The van der Waals surface area contributed by atoms with E-state index in [2.05, 4.69) is 0 Å². The molecule has 1 atom stereocenters. The summed E-state index contributed by atoms with van der Waals surface area (Å²) in [5.41, 5.74) is 2.50. The Bertz CT molecular complexity index is 687. The number of hydrogen-bond acceptors (Lipinski definition) is 3. The van der Waals surface area contributed by atoms with Gasteiger partial charge in [0, 0.05) is 5.69 Å². The minimum atomic E-state index is -0.291. The lowest BCUT2D eigenvalue weighted by molar-refractivity contribution is -0.115. The van der Waals surface area contributed by atoms with E-state index in [0.717, 1.165) is 16.8 Å². The van der Waals surface area contributed by atoms with Gasteiger partial charge in [0.2, 0.25) is 5.91 Å². The van der Waals surface area contributed by atoms with E-state index in [-0.39, 0.29) is 22.8 Å². The summed E-state index contributed by atoms with van der Waals surface area (Å²) in [5, 5.41) is 9.34. The molecule has 1 aliphatic rings. The second-order valence-corrected chi connectivity index (χ2v) is 6.02. The number of benzene rings is 2. The molecule has 3 rings (SSSR count). The van der Waals surface area contributed by atoms with Crippen molar-refractivity contribution in [1.29, 1.82) is 0 Å². The summed E-state index contributed by atoms with van der Waals surface area (Å²) < 4.78 is 13.1. The molecule has 0 spiro atoms. The molecule has 1 N–H and O–H groups in total. The molecule has 2 aromatic rings. The number of hydrogen-bond donors (Lipinski definition) is 1. The molecule has 0 radical (unpaired) electrons. The lowest BCUT2D eigenvalue weighted by Gasteiger charge is -2.26. The molecule has 0 aromatic heterocycles. The standard InChI is InChI=1S/C16H14FNO2S/c1-10-8-13(19)6-7-14(10)18-15(20)9-21-16(18)11-2-4-12(17)5-3-11/h2-8,16,19H,9H2,1H3. The fourth-order valence-electron chi connectivity index (χ4n) is 2.47. The molecular formula is C16H14FNO2S. The van der Waals surface area contributed by atoms with Crippen molar-refractivity contribution in [1.82, 2.24) is 0 Å². The molecule has 1 saturated heterocycles. The number of aryl methyl sites for hydroxylation is 1. The monoisotopic (exact) mass is 303 g/mol. The van der Waals surface area contributed by atoms with E-state index in [9.17, 15) is 14.3 Å². The minimum Gasteiger partial charge on any atom is -0.508 e.